The number of hydrogen-bond acceptors (Lipinski definition) is 4. The van der Waals surface area contributed by atoms with Gasteiger partial charge in [0.2, 0.25) is 0 Å². The predicted molar refractivity (Wildman–Crippen MR) is 89.8 cm³/mol. The molecule has 0 saturated carbocycles. The molecule has 0 spiro atoms. The van der Waals surface area contributed by atoms with E-state index in [1.807, 2.05) is 11.7 Å². The van der Waals surface area contributed by atoms with Gasteiger partial charge in [0.25, 0.3) is 5.91 Å². The molecular weight excluding hydrogens is 304 g/mol. The summed E-state index contributed by atoms with van der Waals surface area (Å²) in [6.45, 7) is 2.43. The monoisotopic (exact) mass is 324 g/mol. The van der Waals surface area contributed by atoms with Crippen molar-refractivity contribution in [3.63, 3.8) is 0 Å². The number of rotatable bonds is 3. The number of hydrogen-bond donors (Lipinski definition) is 1. The molecule has 0 aliphatic heterocycles. The first-order chi connectivity index (χ1) is 11.6. The second-order valence-electron chi connectivity index (χ2n) is 6.41. The Morgan fingerprint density at radius 1 is 1.33 bits per heavy atom. The highest BCUT2D eigenvalue weighted by Gasteiger charge is 2.24. The van der Waals surface area contributed by atoms with Gasteiger partial charge in [-0.05, 0) is 38.3 Å². The van der Waals surface area contributed by atoms with Gasteiger partial charge in [-0.15, -0.1) is 0 Å². The maximum Gasteiger partial charge on any atom is 0.274 e. The summed E-state index contributed by atoms with van der Waals surface area (Å²) < 4.78 is 7.16. The average molecular weight is 324 g/mol. The van der Waals surface area contributed by atoms with Crippen molar-refractivity contribution in [2.45, 2.75) is 39.2 Å². The molecule has 1 aliphatic carbocycles. The van der Waals surface area contributed by atoms with Gasteiger partial charge in [0, 0.05) is 24.4 Å². The lowest BCUT2D eigenvalue weighted by Gasteiger charge is -2.09. The van der Waals surface area contributed by atoms with Gasteiger partial charge in [0.15, 0.2) is 5.69 Å². The third kappa shape index (κ3) is 2.48. The van der Waals surface area contributed by atoms with Gasteiger partial charge in [-0.2, -0.15) is 5.10 Å². The van der Waals surface area contributed by atoms with E-state index in [0.717, 1.165) is 53.6 Å². The number of nitrogens with one attached hydrogen (secondary N) is 1. The van der Waals surface area contributed by atoms with Gasteiger partial charge < -0.3 is 9.84 Å². The molecule has 6 nitrogen and oxygen atoms in total. The Kier molecular flexibility index (Phi) is 3.59. The van der Waals surface area contributed by atoms with E-state index in [2.05, 4.69) is 40.7 Å². The zero-order chi connectivity index (χ0) is 16.7. The molecule has 3 aromatic rings. The first kappa shape index (κ1) is 14.9. The number of fused-ring (bicyclic) bond motifs is 2. The minimum atomic E-state index is -0.187. The SMILES string of the molecule is Cc1ccc2c(c1)c(CNC(=O)c1noc3c1CCCC3)nn2C. The van der Waals surface area contributed by atoms with E-state index < -0.39 is 0 Å². The second kappa shape index (κ2) is 5.78. The maximum atomic E-state index is 12.5. The third-order valence-corrected chi connectivity index (χ3v) is 4.66. The minimum absolute atomic E-state index is 0.187. The lowest BCUT2D eigenvalue weighted by atomic mass is 9.96. The summed E-state index contributed by atoms with van der Waals surface area (Å²) in [6.07, 6.45) is 3.92. The quantitative estimate of drug-likeness (QED) is 0.804. The molecule has 0 saturated heterocycles. The van der Waals surface area contributed by atoms with Crippen LogP contribution in [0.2, 0.25) is 0 Å². The molecule has 0 bridgehead atoms. The Balaban J connectivity index is 1.56. The molecule has 0 atom stereocenters. The van der Waals surface area contributed by atoms with Gasteiger partial charge >= 0.3 is 0 Å². The van der Waals surface area contributed by atoms with Gasteiger partial charge in [0.1, 0.15) is 5.76 Å². The molecule has 4 rings (SSSR count). The Hall–Kier alpha value is -2.63. The summed E-state index contributed by atoms with van der Waals surface area (Å²) in [5.74, 6) is 0.679. The van der Waals surface area contributed by atoms with Crippen molar-refractivity contribution < 1.29 is 9.32 Å². The fourth-order valence-corrected chi connectivity index (χ4v) is 3.39. The number of aromatic nitrogens is 3. The van der Waals surface area contributed by atoms with Crippen LogP contribution in [-0.4, -0.2) is 20.8 Å². The van der Waals surface area contributed by atoms with Gasteiger partial charge in [-0.1, -0.05) is 16.8 Å². The van der Waals surface area contributed by atoms with Crippen molar-refractivity contribution >= 4 is 16.8 Å². The van der Waals surface area contributed by atoms with E-state index in [1.54, 1.807) is 0 Å². The van der Waals surface area contributed by atoms with Gasteiger partial charge in [-0.3, -0.25) is 9.48 Å². The number of nitrogens with zero attached hydrogens (tertiary/aromatic N) is 3. The fourth-order valence-electron chi connectivity index (χ4n) is 3.39. The molecule has 124 valence electrons. The van der Waals surface area contributed by atoms with Crippen molar-refractivity contribution in [3.05, 3.63) is 46.5 Å². The normalized spacial score (nSPS) is 13.9. The van der Waals surface area contributed by atoms with E-state index in [0.29, 0.717) is 12.2 Å². The fraction of sp³-hybridized carbons (Fsp3) is 0.389. The van der Waals surface area contributed by atoms with Crippen molar-refractivity contribution in [2.75, 3.05) is 0 Å². The maximum absolute atomic E-state index is 12.5. The van der Waals surface area contributed by atoms with Crippen molar-refractivity contribution in [3.8, 4) is 0 Å². The molecule has 2 heterocycles. The molecule has 0 fully saturated rings. The molecule has 1 aliphatic rings. The molecule has 0 unspecified atom stereocenters. The van der Waals surface area contributed by atoms with Crippen LogP contribution in [0.25, 0.3) is 10.9 Å². The highest BCUT2D eigenvalue weighted by atomic mass is 16.5. The predicted octanol–water partition coefficient (Wildman–Crippen LogP) is 2.68. The summed E-state index contributed by atoms with van der Waals surface area (Å²) in [5.41, 5.74) is 4.50. The van der Waals surface area contributed by atoms with Crippen molar-refractivity contribution in [1.82, 2.24) is 20.3 Å². The summed E-state index contributed by atoms with van der Waals surface area (Å²) in [4.78, 5) is 12.5. The van der Waals surface area contributed by atoms with Crippen molar-refractivity contribution in [1.29, 1.82) is 0 Å². The molecule has 0 radical (unpaired) electrons. The largest absolute Gasteiger partial charge is 0.360 e. The lowest BCUT2D eigenvalue weighted by molar-refractivity contribution is 0.0940. The molecule has 1 aromatic carbocycles. The smallest absolute Gasteiger partial charge is 0.274 e. The molecule has 2 aromatic heterocycles. The van der Waals surface area contributed by atoms with Gasteiger partial charge in [-0.25, -0.2) is 0 Å². The molecule has 24 heavy (non-hydrogen) atoms. The summed E-state index contributed by atoms with van der Waals surface area (Å²) in [6, 6.07) is 6.22. The van der Waals surface area contributed by atoms with Gasteiger partial charge in [0.05, 0.1) is 17.8 Å². The summed E-state index contributed by atoms with van der Waals surface area (Å²) >= 11 is 0. The van der Waals surface area contributed by atoms with Crippen LogP contribution in [0.4, 0.5) is 0 Å². The molecule has 1 N–H and O–H groups in total. The Labute approximate surface area is 139 Å². The topological polar surface area (TPSA) is 73.0 Å². The molecule has 1 amide bonds. The van der Waals surface area contributed by atoms with Crippen LogP contribution >= 0.6 is 0 Å². The zero-order valence-corrected chi connectivity index (χ0v) is 13.9. The van der Waals surface area contributed by atoms with E-state index >= 15 is 0 Å². The van der Waals surface area contributed by atoms with E-state index in [-0.39, 0.29) is 5.91 Å². The van der Waals surface area contributed by atoms with Crippen LogP contribution in [0, 0.1) is 6.92 Å². The van der Waals surface area contributed by atoms with E-state index in [4.69, 9.17) is 4.52 Å². The average Bonchev–Trinajstić information content (AvgIpc) is 3.14. The van der Waals surface area contributed by atoms with Crippen molar-refractivity contribution in [2.24, 2.45) is 7.05 Å². The molecule has 6 heteroatoms. The van der Waals surface area contributed by atoms with Crippen LogP contribution < -0.4 is 5.32 Å². The number of aryl methyl sites for hydroxylation is 3. The van der Waals surface area contributed by atoms with Crippen LogP contribution in [0.1, 0.15) is 45.9 Å². The van der Waals surface area contributed by atoms with Crippen LogP contribution in [-0.2, 0) is 26.4 Å². The first-order valence-corrected chi connectivity index (χ1v) is 8.31. The summed E-state index contributed by atoms with van der Waals surface area (Å²) in [5, 5.41) is 12.5. The van der Waals surface area contributed by atoms with Crippen LogP contribution in [0.15, 0.2) is 22.7 Å². The molecular formula is C18H20N4O2. The van der Waals surface area contributed by atoms with Crippen LogP contribution in [0.3, 0.4) is 0 Å². The first-order valence-electron chi connectivity index (χ1n) is 8.31. The lowest BCUT2D eigenvalue weighted by Crippen LogP contribution is -2.25. The zero-order valence-electron chi connectivity index (χ0n) is 13.9. The number of amides is 1. The Morgan fingerprint density at radius 2 is 2.17 bits per heavy atom. The highest BCUT2D eigenvalue weighted by molar-refractivity contribution is 5.94. The van der Waals surface area contributed by atoms with E-state index in [9.17, 15) is 4.79 Å². The number of benzene rings is 1. The Bertz CT molecular complexity index is 923. The third-order valence-electron chi connectivity index (χ3n) is 4.66. The number of carbonyl (C=O) groups is 1. The standard InChI is InChI=1S/C18H20N4O2/c1-11-7-8-15-13(9-11)14(20-22(15)2)10-19-18(23)17-12-5-3-4-6-16(12)24-21-17/h7-9H,3-6,10H2,1-2H3,(H,19,23). The minimum Gasteiger partial charge on any atom is -0.360 e. The van der Waals surface area contributed by atoms with Crippen LogP contribution in [0.5, 0.6) is 0 Å². The Morgan fingerprint density at radius 3 is 3.04 bits per heavy atom. The second-order valence-corrected chi connectivity index (χ2v) is 6.41. The highest BCUT2D eigenvalue weighted by Crippen LogP contribution is 2.24. The summed E-state index contributed by atoms with van der Waals surface area (Å²) in [7, 11) is 1.91. The number of carbonyl (C=O) groups excluding carboxylic acids is 1. The van der Waals surface area contributed by atoms with E-state index in [1.165, 1.54) is 5.56 Å².